The Balaban J connectivity index is 1.94. The van der Waals surface area contributed by atoms with Crippen molar-refractivity contribution in [3.05, 3.63) is 30.1 Å². The summed E-state index contributed by atoms with van der Waals surface area (Å²) < 4.78 is 0. The third-order valence-corrected chi connectivity index (χ3v) is 5.23. The van der Waals surface area contributed by atoms with Crippen LogP contribution in [0.25, 0.3) is 10.8 Å². The Morgan fingerprint density at radius 1 is 1.24 bits per heavy atom. The largest absolute Gasteiger partial charge is 0.505 e. The number of aromatic nitrogens is 1. The van der Waals surface area contributed by atoms with Gasteiger partial charge in [-0.15, -0.1) is 11.8 Å². The minimum Gasteiger partial charge on any atom is -0.505 e. The minimum absolute atomic E-state index is 0.244. The maximum Gasteiger partial charge on any atom is 0.358 e. The molecule has 1 saturated carbocycles. The predicted molar refractivity (Wildman–Crippen MR) is 83.1 cm³/mol. The van der Waals surface area contributed by atoms with Crippen molar-refractivity contribution >= 4 is 28.5 Å². The van der Waals surface area contributed by atoms with Gasteiger partial charge in [-0.25, -0.2) is 9.78 Å². The summed E-state index contributed by atoms with van der Waals surface area (Å²) in [5.74, 6) is -1.45. The van der Waals surface area contributed by atoms with Crippen LogP contribution < -0.4 is 0 Å². The third kappa shape index (κ3) is 2.97. The van der Waals surface area contributed by atoms with Crippen molar-refractivity contribution < 1.29 is 15.0 Å². The smallest absolute Gasteiger partial charge is 0.358 e. The lowest BCUT2D eigenvalue weighted by molar-refractivity contribution is 0.0687. The van der Waals surface area contributed by atoms with E-state index in [2.05, 4.69) is 4.98 Å². The van der Waals surface area contributed by atoms with E-state index in [1.807, 2.05) is 30.0 Å². The lowest BCUT2D eigenvalue weighted by Crippen LogP contribution is -2.07. The highest BCUT2D eigenvalue weighted by Gasteiger charge is 2.17. The quantitative estimate of drug-likeness (QED) is 0.894. The van der Waals surface area contributed by atoms with Crippen LogP contribution in [-0.2, 0) is 0 Å². The summed E-state index contributed by atoms with van der Waals surface area (Å²) in [6.45, 7) is 0. The van der Waals surface area contributed by atoms with Crippen LogP contribution >= 0.6 is 11.8 Å². The second kappa shape index (κ2) is 5.93. The van der Waals surface area contributed by atoms with E-state index in [9.17, 15) is 9.90 Å². The van der Waals surface area contributed by atoms with E-state index in [0.717, 1.165) is 10.3 Å². The topological polar surface area (TPSA) is 70.4 Å². The van der Waals surface area contributed by atoms with Gasteiger partial charge in [0.25, 0.3) is 0 Å². The molecule has 3 rings (SSSR count). The van der Waals surface area contributed by atoms with E-state index in [1.165, 1.54) is 38.3 Å². The maximum absolute atomic E-state index is 11.0. The van der Waals surface area contributed by atoms with Crippen LogP contribution in [-0.4, -0.2) is 26.4 Å². The fraction of sp³-hybridized carbons (Fsp3) is 0.375. The van der Waals surface area contributed by atoms with Gasteiger partial charge in [-0.1, -0.05) is 25.3 Å². The molecule has 5 heteroatoms. The lowest BCUT2D eigenvalue weighted by atomic mass is 10.0. The zero-order valence-corrected chi connectivity index (χ0v) is 12.4. The summed E-state index contributed by atoms with van der Waals surface area (Å²) in [4.78, 5) is 15.9. The molecule has 0 atom stereocenters. The van der Waals surface area contributed by atoms with Crippen molar-refractivity contribution in [3.8, 4) is 5.75 Å². The van der Waals surface area contributed by atoms with Crippen LogP contribution in [0.2, 0.25) is 0 Å². The Labute approximate surface area is 127 Å². The van der Waals surface area contributed by atoms with Crippen LogP contribution in [0.5, 0.6) is 5.75 Å². The van der Waals surface area contributed by atoms with Crippen molar-refractivity contribution in [1.29, 1.82) is 0 Å². The number of benzene rings is 1. The number of aromatic hydroxyl groups is 1. The molecule has 0 saturated heterocycles. The number of nitrogens with zero attached hydrogens (tertiary/aromatic N) is 1. The second-order valence-corrected chi connectivity index (χ2v) is 6.76. The fourth-order valence-electron chi connectivity index (χ4n) is 2.78. The van der Waals surface area contributed by atoms with Crippen LogP contribution in [0.15, 0.2) is 29.3 Å². The molecule has 0 amide bonds. The van der Waals surface area contributed by atoms with Crippen LogP contribution in [0.3, 0.4) is 0 Å². The first-order chi connectivity index (χ1) is 10.1. The van der Waals surface area contributed by atoms with Crippen LogP contribution in [0.1, 0.15) is 42.6 Å². The summed E-state index contributed by atoms with van der Waals surface area (Å²) in [6, 6.07) is 5.78. The molecule has 1 aromatic heterocycles. The number of carboxylic acid groups (broad SMARTS) is 1. The summed E-state index contributed by atoms with van der Waals surface area (Å²) >= 11 is 1.82. The predicted octanol–water partition coefficient (Wildman–Crippen LogP) is 4.06. The summed E-state index contributed by atoms with van der Waals surface area (Å²) in [5.41, 5.74) is -0.290. The van der Waals surface area contributed by atoms with Crippen molar-refractivity contribution in [2.24, 2.45) is 0 Å². The highest BCUT2D eigenvalue weighted by Crippen LogP contribution is 2.36. The van der Waals surface area contributed by atoms with Gasteiger partial charge in [-0.3, -0.25) is 0 Å². The molecule has 1 fully saturated rings. The van der Waals surface area contributed by atoms with Crippen molar-refractivity contribution in [1.82, 2.24) is 4.98 Å². The van der Waals surface area contributed by atoms with Gasteiger partial charge in [0.1, 0.15) is 0 Å². The van der Waals surface area contributed by atoms with Gasteiger partial charge >= 0.3 is 5.97 Å². The number of fused-ring (bicyclic) bond motifs is 1. The zero-order valence-electron chi connectivity index (χ0n) is 11.6. The summed E-state index contributed by atoms with van der Waals surface area (Å²) in [5, 5.41) is 21.1. The van der Waals surface area contributed by atoms with Gasteiger partial charge in [0.2, 0.25) is 0 Å². The Hall–Kier alpha value is -1.75. The number of carbonyl (C=O) groups is 1. The molecule has 110 valence electrons. The average molecular weight is 303 g/mol. The first kappa shape index (κ1) is 14.2. The molecule has 0 unspecified atom stereocenters. The Bertz CT molecular complexity index is 681. The van der Waals surface area contributed by atoms with E-state index >= 15 is 0 Å². The Morgan fingerprint density at radius 2 is 2.00 bits per heavy atom. The molecule has 4 nitrogen and oxygen atoms in total. The number of hydrogen-bond donors (Lipinski definition) is 2. The Morgan fingerprint density at radius 3 is 2.71 bits per heavy atom. The first-order valence-corrected chi connectivity index (χ1v) is 8.05. The number of aromatic carboxylic acids is 1. The second-order valence-electron chi connectivity index (χ2n) is 5.39. The molecule has 0 bridgehead atoms. The molecule has 1 aliphatic rings. The van der Waals surface area contributed by atoms with Crippen LogP contribution in [0.4, 0.5) is 0 Å². The SMILES string of the molecule is O=C(O)c1ncc2ccc(SC3CCCCC3)cc2c1O. The number of hydrogen-bond acceptors (Lipinski definition) is 4. The molecule has 2 aromatic rings. The molecule has 2 N–H and O–H groups in total. The molecule has 1 aliphatic carbocycles. The average Bonchev–Trinajstić information content (AvgIpc) is 2.49. The van der Waals surface area contributed by atoms with Crippen LogP contribution in [0, 0.1) is 0 Å². The maximum atomic E-state index is 11.0. The van der Waals surface area contributed by atoms with E-state index < -0.39 is 5.97 Å². The fourth-order valence-corrected chi connectivity index (χ4v) is 4.07. The molecular weight excluding hydrogens is 286 g/mol. The molecule has 0 radical (unpaired) electrons. The molecule has 0 spiro atoms. The van der Waals surface area contributed by atoms with Gasteiger partial charge in [-0.05, 0) is 25.0 Å². The van der Waals surface area contributed by atoms with Gasteiger partial charge in [0, 0.05) is 27.1 Å². The highest BCUT2D eigenvalue weighted by molar-refractivity contribution is 8.00. The van der Waals surface area contributed by atoms with Crippen molar-refractivity contribution in [2.75, 3.05) is 0 Å². The van der Waals surface area contributed by atoms with E-state index in [-0.39, 0.29) is 11.4 Å². The normalized spacial score (nSPS) is 16.2. The summed E-state index contributed by atoms with van der Waals surface area (Å²) in [7, 11) is 0. The molecule has 21 heavy (non-hydrogen) atoms. The number of thioether (sulfide) groups is 1. The van der Waals surface area contributed by atoms with Crippen molar-refractivity contribution in [3.63, 3.8) is 0 Å². The number of carboxylic acids is 1. The van der Waals surface area contributed by atoms with Gasteiger partial charge in [0.15, 0.2) is 11.4 Å². The summed E-state index contributed by atoms with van der Waals surface area (Å²) in [6.07, 6.45) is 7.83. The van der Waals surface area contributed by atoms with Gasteiger partial charge in [0.05, 0.1) is 0 Å². The van der Waals surface area contributed by atoms with E-state index in [1.54, 1.807) is 0 Å². The molecule has 0 aliphatic heterocycles. The molecule has 1 heterocycles. The Kier molecular flexibility index (Phi) is 4.01. The molecular formula is C16H17NO3S. The molecule has 1 aromatic carbocycles. The van der Waals surface area contributed by atoms with Gasteiger partial charge in [-0.2, -0.15) is 0 Å². The van der Waals surface area contributed by atoms with Crippen molar-refractivity contribution in [2.45, 2.75) is 42.2 Å². The standard InChI is InChI=1S/C16H17NO3S/c18-15-13-8-12(21-11-4-2-1-3-5-11)7-6-10(13)9-17-14(15)16(19)20/h6-9,11,18H,1-5H2,(H,19,20). The first-order valence-electron chi connectivity index (χ1n) is 7.17. The zero-order chi connectivity index (χ0) is 14.8. The van der Waals surface area contributed by atoms with E-state index in [0.29, 0.717) is 10.6 Å². The number of rotatable bonds is 3. The monoisotopic (exact) mass is 303 g/mol. The lowest BCUT2D eigenvalue weighted by Gasteiger charge is -2.21. The minimum atomic E-state index is -1.21. The van der Waals surface area contributed by atoms with E-state index in [4.69, 9.17) is 5.11 Å². The van der Waals surface area contributed by atoms with Gasteiger partial charge < -0.3 is 10.2 Å². The third-order valence-electron chi connectivity index (χ3n) is 3.89. The number of pyridine rings is 1. The highest BCUT2D eigenvalue weighted by atomic mass is 32.2.